The minimum Gasteiger partial charge on any atom is -0.497 e. The van der Waals surface area contributed by atoms with E-state index < -0.39 is 0 Å². The van der Waals surface area contributed by atoms with Crippen molar-refractivity contribution in [3.8, 4) is 11.5 Å². The molecule has 0 aromatic heterocycles. The topological polar surface area (TPSA) is 59.6 Å². The van der Waals surface area contributed by atoms with Gasteiger partial charge in [-0.15, -0.1) is 0 Å². The minimum absolute atomic E-state index is 0.108. The molecule has 0 aliphatic heterocycles. The molecular formula is C17H19ClN2O3. The van der Waals surface area contributed by atoms with Crippen molar-refractivity contribution < 1.29 is 14.3 Å². The molecule has 0 unspecified atom stereocenters. The SMILES string of the molecule is COc1ccc(OCCNC(=O)CNc2cccc(Cl)c2)cc1. The Labute approximate surface area is 140 Å². The van der Waals surface area contributed by atoms with Crippen LogP contribution in [0.2, 0.25) is 5.02 Å². The van der Waals surface area contributed by atoms with Gasteiger partial charge in [0, 0.05) is 10.7 Å². The first-order chi connectivity index (χ1) is 11.2. The van der Waals surface area contributed by atoms with Crippen LogP contribution in [-0.4, -0.2) is 32.7 Å². The third-order valence-corrected chi connectivity index (χ3v) is 3.27. The van der Waals surface area contributed by atoms with Gasteiger partial charge in [0.25, 0.3) is 0 Å². The molecule has 0 radical (unpaired) electrons. The molecule has 0 saturated carbocycles. The van der Waals surface area contributed by atoms with Crippen molar-refractivity contribution in [2.45, 2.75) is 0 Å². The minimum atomic E-state index is -0.108. The Hall–Kier alpha value is -2.40. The van der Waals surface area contributed by atoms with E-state index in [0.29, 0.717) is 18.2 Å². The van der Waals surface area contributed by atoms with E-state index in [-0.39, 0.29) is 12.5 Å². The van der Waals surface area contributed by atoms with Gasteiger partial charge in [-0.05, 0) is 42.5 Å². The fraction of sp³-hybridized carbons (Fsp3) is 0.235. The largest absolute Gasteiger partial charge is 0.497 e. The van der Waals surface area contributed by atoms with Crippen LogP contribution in [0.1, 0.15) is 0 Å². The fourth-order valence-corrected chi connectivity index (χ4v) is 2.06. The van der Waals surface area contributed by atoms with Crippen molar-refractivity contribution in [3.05, 3.63) is 53.6 Å². The summed E-state index contributed by atoms with van der Waals surface area (Å²) in [4.78, 5) is 11.7. The summed E-state index contributed by atoms with van der Waals surface area (Å²) in [5.41, 5.74) is 0.808. The number of anilines is 1. The molecule has 0 bridgehead atoms. The van der Waals surface area contributed by atoms with E-state index in [9.17, 15) is 4.79 Å². The van der Waals surface area contributed by atoms with E-state index in [1.165, 1.54) is 0 Å². The summed E-state index contributed by atoms with van der Waals surface area (Å²) in [6.07, 6.45) is 0. The first-order valence-electron chi connectivity index (χ1n) is 7.20. The number of carbonyl (C=O) groups is 1. The van der Waals surface area contributed by atoms with Crippen LogP contribution in [0.15, 0.2) is 48.5 Å². The zero-order valence-electron chi connectivity index (χ0n) is 12.8. The van der Waals surface area contributed by atoms with E-state index in [4.69, 9.17) is 21.1 Å². The Morgan fingerprint density at radius 2 is 1.87 bits per heavy atom. The number of halogens is 1. The van der Waals surface area contributed by atoms with Crippen LogP contribution >= 0.6 is 11.6 Å². The van der Waals surface area contributed by atoms with Gasteiger partial charge in [0.2, 0.25) is 5.91 Å². The Morgan fingerprint density at radius 3 is 2.57 bits per heavy atom. The molecule has 0 spiro atoms. The van der Waals surface area contributed by atoms with Gasteiger partial charge in [-0.2, -0.15) is 0 Å². The Bertz CT molecular complexity index is 632. The first kappa shape index (κ1) is 17.0. The standard InChI is InChI=1S/C17H19ClN2O3/c1-22-15-5-7-16(8-6-15)23-10-9-19-17(21)12-20-14-4-2-3-13(18)11-14/h2-8,11,20H,9-10,12H2,1H3,(H,19,21). The zero-order chi connectivity index (χ0) is 16.5. The number of carbonyl (C=O) groups excluding carboxylic acids is 1. The highest BCUT2D eigenvalue weighted by molar-refractivity contribution is 6.30. The summed E-state index contributed by atoms with van der Waals surface area (Å²) >= 11 is 5.87. The number of hydrogen-bond donors (Lipinski definition) is 2. The molecule has 1 amide bonds. The maximum absolute atomic E-state index is 11.7. The maximum atomic E-state index is 11.7. The van der Waals surface area contributed by atoms with Gasteiger partial charge in [-0.1, -0.05) is 17.7 Å². The van der Waals surface area contributed by atoms with Gasteiger partial charge in [0.15, 0.2) is 0 Å². The van der Waals surface area contributed by atoms with Crippen molar-refractivity contribution >= 4 is 23.2 Å². The van der Waals surface area contributed by atoms with Crippen LogP contribution in [0.5, 0.6) is 11.5 Å². The molecule has 0 saturated heterocycles. The summed E-state index contributed by atoms with van der Waals surface area (Å²) in [5.74, 6) is 1.40. The van der Waals surface area contributed by atoms with Crippen molar-refractivity contribution in [1.29, 1.82) is 0 Å². The lowest BCUT2D eigenvalue weighted by Crippen LogP contribution is -2.32. The number of benzene rings is 2. The Morgan fingerprint density at radius 1 is 1.13 bits per heavy atom. The van der Waals surface area contributed by atoms with E-state index in [1.807, 2.05) is 36.4 Å². The predicted octanol–water partition coefficient (Wildman–Crippen LogP) is 2.96. The van der Waals surface area contributed by atoms with Gasteiger partial charge in [-0.25, -0.2) is 0 Å². The van der Waals surface area contributed by atoms with Crippen LogP contribution in [0.3, 0.4) is 0 Å². The molecular weight excluding hydrogens is 316 g/mol. The zero-order valence-corrected chi connectivity index (χ0v) is 13.6. The van der Waals surface area contributed by atoms with E-state index in [2.05, 4.69) is 10.6 Å². The normalized spacial score (nSPS) is 10.0. The van der Waals surface area contributed by atoms with Gasteiger partial charge >= 0.3 is 0 Å². The maximum Gasteiger partial charge on any atom is 0.239 e. The van der Waals surface area contributed by atoms with Crippen molar-refractivity contribution in [2.75, 3.05) is 32.1 Å². The Balaban J connectivity index is 1.62. The first-order valence-corrected chi connectivity index (χ1v) is 7.58. The molecule has 2 rings (SSSR count). The Kier molecular flexibility index (Phi) is 6.56. The number of hydrogen-bond acceptors (Lipinski definition) is 4. The van der Waals surface area contributed by atoms with Gasteiger partial charge in [0.05, 0.1) is 20.2 Å². The van der Waals surface area contributed by atoms with Crippen molar-refractivity contribution in [2.24, 2.45) is 0 Å². The van der Waals surface area contributed by atoms with Crippen LogP contribution in [0.4, 0.5) is 5.69 Å². The van der Waals surface area contributed by atoms with Gasteiger partial charge in [-0.3, -0.25) is 4.79 Å². The average molecular weight is 335 g/mol. The summed E-state index contributed by atoms with van der Waals surface area (Å²) in [5, 5.41) is 6.41. The second-order valence-corrected chi connectivity index (χ2v) is 5.17. The molecule has 0 atom stereocenters. The molecule has 2 N–H and O–H groups in total. The molecule has 5 nitrogen and oxygen atoms in total. The summed E-state index contributed by atoms with van der Waals surface area (Å²) in [7, 11) is 1.61. The molecule has 0 aliphatic rings. The van der Waals surface area contributed by atoms with Crippen molar-refractivity contribution in [1.82, 2.24) is 5.32 Å². The lowest BCUT2D eigenvalue weighted by molar-refractivity contribution is -0.119. The summed E-state index contributed by atoms with van der Waals surface area (Å²) < 4.78 is 10.6. The number of nitrogens with one attached hydrogen (secondary N) is 2. The van der Waals surface area contributed by atoms with Gasteiger partial charge < -0.3 is 20.1 Å². The van der Waals surface area contributed by atoms with Crippen molar-refractivity contribution in [3.63, 3.8) is 0 Å². The van der Waals surface area contributed by atoms with Crippen LogP contribution in [-0.2, 0) is 4.79 Å². The monoisotopic (exact) mass is 334 g/mol. The number of methoxy groups -OCH3 is 1. The summed E-state index contributed by atoms with van der Waals surface area (Å²) in [6.45, 7) is 1.01. The summed E-state index contributed by atoms with van der Waals surface area (Å²) in [6, 6.07) is 14.5. The molecule has 6 heteroatoms. The number of rotatable bonds is 8. The van der Waals surface area contributed by atoms with Crippen LogP contribution < -0.4 is 20.1 Å². The van der Waals surface area contributed by atoms with Crippen LogP contribution in [0, 0.1) is 0 Å². The number of ether oxygens (including phenoxy) is 2. The highest BCUT2D eigenvalue weighted by Crippen LogP contribution is 2.16. The molecule has 2 aromatic carbocycles. The smallest absolute Gasteiger partial charge is 0.239 e. The molecule has 122 valence electrons. The van der Waals surface area contributed by atoms with E-state index >= 15 is 0 Å². The quantitative estimate of drug-likeness (QED) is 0.729. The number of amides is 1. The average Bonchev–Trinajstić information content (AvgIpc) is 2.57. The van der Waals surface area contributed by atoms with E-state index in [0.717, 1.165) is 17.2 Å². The third kappa shape index (κ3) is 6.08. The molecule has 0 fully saturated rings. The molecule has 2 aromatic rings. The van der Waals surface area contributed by atoms with E-state index in [1.54, 1.807) is 19.2 Å². The van der Waals surface area contributed by atoms with Crippen LogP contribution in [0.25, 0.3) is 0 Å². The molecule has 0 heterocycles. The molecule has 0 aliphatic carbocycles. The highest BCUT2D eigenvalue weighted by Gasteiger charge is 2.01. The lowest BCUT2D eigenvalue weighted by Gasteiger charge is -2.09. The second-order valence-electron chi connectivity index (χ2n) is 4.74. The lowest BCUT2D eigenvalue weighted by atomic mass is 10.3. The fourth-order valence-electron chi connectivity index (χ4n) is 1.87. The molecule has 23 heavy (non-hydrogen) atoms. The van der Waals surface area contributed by atoms with Gasteiger partial charge in [0.1, 0.15) is 18.1 Å². The second kappa shape index (κ2) is 8.90. The predicted molar refractivity (Wildman–Crippen MR) is 91.4 cm³/mol. The third-order valence-electron chi connectivity index (χ3n) is 3.03. The highest BCUT2D eigenvalue weighted by atomic mass is 35.5.